The zero-order chi connectivity index (χ0) is 17.4. The molecule has 24 heavy (non-hydrogen) atoms. The minimum Gasteiger partial charge on any atom is -0.508 e. The van der Waals surface area contributed by atoms with Crippen LogP contribution in [0.15, 0.2) is 54.6 Å². The van der Waals surface area contributed by atoms with Crippen molar-refractivity contribution < 1.29 is 20.1 Å². The van der Waals surface area contributed by atoms with Crippen molar-refractivity contribution in [1.82, 2.24) is 0 Å². The Balaban J connectivity index is 1.82. The highest BCUT2D eigenvalue weighted by Gasteiger charge is 2.11. The van der Waals surface area contributed by atoms with Crippen molar-refractivity contribution in [1.29, 1.82) is 0 Å². The molecule has 0 aliphatic carbocycles. The zero-order valence-corrected chi connectivity index (χ0v) is 13.8. The Kier molecular flexibility index (Phi) is 6.85. The smallest absolute Gasteiger partial charge is 0.115 e. The molecule has 0 bridgehead atoms. The monoisotopic (exact) mass is 328 g/mol. The third-order valence-electron chi connectivity index (χ3n) is 3.91. The van der Waals surface area contributed by atoms with Crippen molar-refractivity contribution in [3.8, 4) is 11.5 Å². The number of aryl methyl sites for hydroxylation is 1. The number of methoxy groups -OCH3 is 1. The van der Waals surface area contributed by atoms with E-state index in [1.807, 2.05) is 36.4 Å². The van der Waals surface area contributed by atoms with Gasteiger partial charge in [-0.05, 0) is 48.2 Å². The predicted molar refractivity (Wildman–Crippen MR) is 95.0 cm³/mol. The van der Waals surface area contributed by atoms with Gasteiger partial charge < -0.3 is 20.1 Å². The fraction of sp³-hybridized carbons (Fsp3) is 0.300. The number of ether oxygens (including phenoxy) is 1. The Morgan fingerprint density at radius 1 is 0.958 bits per heavy atom. The molecule has 0 unspecified atom stereocenters. The molecule has 2 atom stereocenters. The molecule has 0 radical (unpaired) electrons. The molecule has 4 heteroatoms. The zero-order valence-electron chi connectivity index (χ0n) is 13.8. The summed E-state index contributed by atoms with van der Waals surface area (Å²) in [6.07, 6.45) is 5.10. The van der Waals surface area contributed by atoms with E-state index >= 15 is 0 Å². The van der Waals surface area contributed by atoms with Crippen LogP contribution in [0, 0.1) is 0 Å². The molecule has 3 N–H and O–H groups in total. The van der Waals surface area contributed by atoms with Crippen molar-refractivity contribution >= 4 is 6.08 Å². The standard InChI is InChI=1S/C20H24O4/c1-24-20(13-7-16-4-10-18(22)11-5-16)14-19(23)12-6-15-2-8-17(21)9-3-15/h2-5,7-11,13,19-23H,6,12,14H2,1H3/t19-,20-/m0/s1. The molecule has 0 aromatic heterocycles. The van der Waals surface area contributed by atoms with Gasteiger partial charge in [-0.25, -0.2) is 0 Å². The van der Waals surface area contributed by atoms with E-state index in [-0.39, 0.29) is 17.6 Å². The summed E-state index contributed by atoms with van der Waals surface area (Å²) in [5, 5.41) is 28.7. The van der Waals surface area contributed by atoms with E-state index in [1.165, 1.54) is 0 Å². The summed E-state index contributed by atoms with van der Waals surface area (Å²) in [4.78, 5) is 0. The van der Waals surface area contributed by atoms with Gasteiger partial charge in [0.25, 0.3) is 0 Å². The number of aliphatic hydroxyl groups excluding tert-OH is 1. The first-order valence-electron chi connectivity index (χ1n) is 8.03. The van der Waals surface area contributed by atoms with E-state index in [0.717, 1.165) is 17.5 Å². The Morgan fingerprint density at radius 3 is 2.12 bits per heavy atom. The van der Waals surface area contributed by atoms with Gasteiger partial charge in [-0.1, -0.05) is 36.4 Å². The largest absolute Gasteiger partial charge is 0.508 e. The SMILES string of the molecule is CO[C@@H](C=Cc1ccc(O)cc1)C[C@@H](O)CCc1ccc(O)cc1. The molecular formula is C20H24O4. The van der Waals surface area contributed by atoms with Crippen molar-refractivity contribution in [2.45, 2.75) is 31.5 Å². The highest BCUT2D eigenvalue weighted by molar-refractivity contribution is 5.50. The van der Waals surface area contributed by atoms with Gasteiger partial charge in [0.15, 0.2) is 0 Å². The molecule has 0 heterocycles. The van der Waals surface area contributed by atoms with Crippen LogP contribution in [-0.2, 0) is 11.2 Å². The Bertz CT molecular complexity index is 632. The lowest BCUT2D eigenvalue weighted by molar-refractivity contribution is 0.0685. The average molecular weight is 328 g/mol. The molecule has 128 valence electrons. The predicted octanol–water partition coefficient (Wildman–Crippen LogP) is 3.51. The second kappa shape index (κ2) is 9.11. The van der Waals surface area contributed by atoms with Gasteiger partial charge in [-0.2, -0.15) is 0 Å². The lowest BCUT2D eigenvalue weighted by Gasteiger charge is -2.16. The van der Waals surface area contributed by atoms with Gasteiger partial charge in [0, 0.05) is 13.5 Å². The molecular weight excluding hydrogens is 304 g/mol. The number of aliphatic hydroxyl groups is 1. The molecule has 2 rings (SSSR count). The van der Waals surface area contributed by atoms with E-state index in [4.69, 9.17) is 4.74 Å². The van der Waals surface area contributed by atoms with E-state index < -0.39 is 6.10 Å². The summed E-state index contributed by atoms with van der Waals surface area (Å²) >= 11 is 0. The van der Waals surface area contributed by atoms with Crippen LogP contribution in [0.3, 0.4) is 0 Å². The minimum atomic E-state index is -0.465. The van der Waals surface area contributed by atoms with Crippen LogP contribution in [0.2, 0.25) is 0 Å². The second-order valence-corrected chi connectivity index (χ2v) is 5.82. The number of hydrogen-bond acceptors (Lipinski definition) is 4. The molecule has 4 nitrogen and oxygen atoms in total. The fourth-order valence-electron chi connectivity index (χ4n) is 2.44. The third-order valence-corrected chi connectivity index (χ3v) is 3.91. The van der Waals surface area contributed by atoms with Crippen LogP contribution in [0.25, 0.3) is 6.08 Å². The Hall–Kier alpha value is -2.30. The molecule has 0 aliphatic heterocycles. The quantitative estimate of drug-likeness (QED) is 0.693. The minimum absolute atomic E-state index is 0.173. The number of hydrogen-bond donors (Lipinski definition) is 3. The number of benzene rings is 2. The molecule has 0 saturated heterocycles. The Labute approximate surface area is 142 Å². The van der Waals surface area contributed by atoms with Crippen molar-refractivity contribution in [2.24, 2.45) is 0 Å². The molecule has 0 fully saturated rings. The molecule has 0 amide bonds. The maximum absolute atomic E-state index is 10.2. The summed E-state index contributed by atoms with van der Waals surface area (Å²) in [5.41, 5.74) is 2.05. The van der Waals surface area contributed by atoms with Crippen LogP contribution in [0.4, 0.5) is 0 Å². The summed E-state index contributed by atoms with van der Waals surface area (Å²) in [6.45, 7) is 0. The van der Waals surface area contributed by atoms with Gasteiger partial charge in [0.05, 0.1) is 12.2 Å². The van der Waals surface area contributed by atoms with Gasteiger partial charge in [-0.15, -0.1) is 0 Å². The van der Waals surface area contributed by atoms with Crippen LogP contribution in [0.1, 0.15) is 24.0 Å². The summed E-state index contributed by atoms with van der Waals surface area (Å²) in [7, 11) is 1.62. The summed E-state index contributed by atoms with van der Waals surface area (Å²) in [5.74, 6) is 0.484. The first-order chi connectivity index (χ1) is 11.6. The van der Waals surface area contributed by atoms with Crippen LogP contribution in [0.5, 0.6) is 11.5 Å². The Morgan fingerprint density at radius 2 is 1.54 bits per heavy atom. The second-order valence-electron chi connectivity index (χ2n) is 5.82. The van der Waals surface area contributed by atoms with Crippen molar-refractivity contribution in [3.63, 3.8) is 0 Å². The molecule has 2 aromatic carbocycles. The van der Waals surface area contributed by atoms with E-state index in [0.29, 0.717) is 12.8 Å². The number of aromatic hydroxyl groups is 2. The number of phenols is 2. The fourth-order valence-corrected chi connectivity index (χ4v) is 2.44. The van der Waals surface area contributed by atoms with Crippen molar-refractivity contribution in [2.75, 3.05) is 7.11 Å². The van der Waals surface area contributed by atoms with E-state index in [9.17, 15) is 15.3 Å². The average Bonchev–Trinajstić information content (AvgIpc) is 2.59. The molecule has 0 saturated carbocycles. The number of phenolic OH excluding ortho intramolecular Hbond substituents is 2. The van der Waals surface area contributed by atoms with E-state index in [2.05, 4.69) is 0 Å². The van der Waals surface area contributed by atoms with Gasteiger partial charge in [0.1, 0.15) is 11.5 Å². The lowest BCUT2D eigenvalue weighted by Crippen LogP contribution is -2.18. The highest BCUT2D eigenvalue weighted by atomic mass is 16.5. The normalized spacial score (nSPS) is 13.9. The highest BCUT2D eigenvalue weighted by Crippen LogP contribution is 2.16. The summed E-state index contributed by atoms with van der Waals surface area (Å²) in [6, 6.07) is 13.9. The topological polar surface area (TPSA) is 69.9 Å². The van der Waals surface area contributed by atoms with Crippen LogP contribution >= 0.6 is 0 Å². The van der Waals surface area contributed by atoms with Gasteiger partial charge in [-0.3, -0.25) is 0 Å². The molecule has 2 aromatic rings. The maximum atomic E-state index is 10.2. The first kappa shape index (κ1) is 18.0. The van der Waals surface area contributed by atoms with Crippen LogP contribution < -0.4 is 0 Å². The summed E-state index contributed by atoms with van der Waals surface area (Å²) < 4.78 is 5.40. The van der Waals surface area contributed by atoms with Gasteiger partial charge in [0.2, 0.25) is 0 Å². The van der Waals surface area contributed by atoms with Gasteiger partial charge >= 0.3 is 0 Å². The number of rotatable bonds is 8. The maximum Gasteiger partial charge on any atom is 0.115 e. The first-order valence-corrected chi connectivity index (χ1v) is 8.03. The van der Waals surface area contributed by atoms with Crippen molar-refractivity contribution in [3.05, 3.63) is 65.7 Å². The van der Waals surface area contributed by atoms with E-state index in [1.54, 1.807) is 31.4 Å². The van der Waals surface area contributed by atoms with Crippen LogP contribution in [-0.4, -0.2) is 34.6 Å². The molecule has 0 aliphatic rings. The third kappa shape index (κ3) is 6.07. The lowest BCUT2D eigenvalue weighted by atomic mass is 10.0. The molecule has 0 spiro atoms.